The van der Waals surface area contributed by atoms with E-state index in [2.05, 4.69) is 9.47 Å². The lowest BCUT2D eigenvalue weighted by molar-refractivity contribution is 0.102. The number of sulfonamides is 1. The van der Waals surface area contributed by atoms with Crippen LogP contribution >= 0.6 is 0 Å². The Morgan fingerprint density at radius 3 is 2.56 bits per heavy atom. The highest BCUT2D eigenvalue weighted by Gasteiger charge is 2.19. The van der Waals surface area contributed by atoms with Gasteiger partial charge < -0.3 is 9.47 Å². The minimum Gasteiger partial charge on any atom is -0.446 e. The number of ether oxygens (including phenoxy) is 2. The molecule has 0 bridgehead atoms. The fourth-order valence-corrected chi connectivity index (χ4v) is 2.41. The Morgan fingerprint density at radius 1 is 1.28 bits per heavy atom. The van der Waals surface area contributed by atoms with Crippen molar-refractivity contribution >= 4 is 16.1 Å². The Kier molecular flexibility index (Phi) is 5.11. The van der Waals surface area contributed by atoms with Gasteiger partial charge in [0, 0.05) is 7.11 Å². The maximum absolute atomic E-state index is 11.9. The first-order valence-electron chi connectivity index (χ1n) is 5.21. The molecule has 0 aliphatic heterocycles. The van der Waals surface area contributed by atoms with Crippen molar-refractivity contribution in [1.82, 2.24) is 4.72 Å². The van der Waals surface area contributed by atoms with E-state index in [1.807, 2.05) is 4.72 Å². The summed E-state index contributed by atoms with van der Waals surface area (Å²) in [6, 6.07) is 6.36. The Hall–Kier alpha value is -1.60. The van der Waals surface area contributed by atoms with Crippen LogP contribution in [0.3, 0.4) is 0 Å². The van der Waals surface area contributed by atoms with Crippen molar-refractivity contribution in [3.05, 3.63) is 29.8 Å². The van der Waals surface area contributed by atoms with Crippen molar-refractivity contribution in [2.24, 2.45) is 0 Å². The van der Waals surface area contributed by atoms with Crippen molar-refractivity contribution in [3.8, 4) is 0 Å². The molecule has 0 aromatic heterocycles. The number of methoxy groups -OCH3 is 1. The van der Waals surface area contributed by atoms with Crippen molar-refractivity contribution in [2.75, 3.05) is 20.3 Å². The van der Waals surface area contributed by atoms with E-state index in [1.54, 1.807) is 25.1 Å². The van der Waals surface area contributed by atoms with Crippen LogP contribution in [0, 0.1) is 6.92 Å². The number of nitrogens with one attached hydrogen (secondary N) is 1. The summed E-state index contributed by atoms with van der Waals surface area (Å²) in [5.74, 6) is 0. The highest BCUT2D eigenvalue weighted by Crippen LogP contribution is 2.13. The topological polar surface area (TPSA) is 81.7 Å². The number of hydrogen-bond donors (Lipinski definition) is 1. The first kappa shape index (κ1) is 14.5. The zero-order valence-electron chi connectivity index (χ0n) is 10.2. The molecule has 7 heteroatoms. The molecule has 0 saturated carbocycles. The van der Waals surface area contributed by atoms with Crippen molar-refractivity contribution in [3.63, 3.8) is 0 Å². The van der Waals surface area contributed by atoms with Gasteiger partial charge in [0.2, 0.25) is 0 Å². The predicted molar refractivity (Wildman–Crippen MR) is 64.7 cm³/mol. The summed E-state index contributed by atoms with van der Waals surface area (Å²) in [4.78, 5) is 11.3. The lowest BCUT2D eigenvalue weighted by Gasteiger charge is -2.09. The lowest BCUT2D eigenvalue weighted by atomic mass is 10.2. The van der Waals surface area contributed by atoms with Crippen molar-refractivity contribution < 1.29 is 22.7 Å². The number of hydrogen-bond acceptors (Lipinski definition) is 5. The van der Waals surface area contributed by atoms with Gasteiger partial charge in [0.25, 0.3) is 10.0 Å². The van der Waals surface area contributed by atoms with Gasteiger partial charge in [-0.05, 0) is 18.6 Å². The molecule has 0 aliphatic rings. The molecule has 1 aromatic rings. The Bertz CT molecular complexity index is 512. The molecule has 6 nitrogen and oxygen atoms in total. The highest BCUT2D eigenvalue weighted by molar-refractivity contribution is 7.90. The van der Waals surface area contributed by atoms with Gasteiger partial charge >= 0.3 is 6.09 Å². The van der Waals surface area contributed by atoms with Gasteiger partial charge in [0.15, 0.2) is 0 Å². The standard InChI is InChI=1S/C11H15NO5S/c1-9-5-3-4-6-10(9)18(14,15)12-11(13)17-8-7-16-2/h3-6H,7-8H2,1-2H3,(H,12,13). The van der Waals surface area contributed by atoms with Crippen LogP contribution < -0.4 is 4.72 Å². The number of carbonyl (C=O) groups is 1. The lowest BCUT2D eigenvalue weighted by Crippen LogP contribution is -2.32. The molecule has 18 heavy (non-hydrogen) atoms. The number of rotatable bonds is 5. The van der Waals surface area contributed by atoms with Gasteiger partial charge in [-0.3, -0.25) is 0 Å². The van der Waals surface area contributed by atoms with Gasteiger partial charge in [-0.15, -0.1) is 0 Å². The first-order valence-corrected chi connectivity index (χ1v) is 6.70. The van der Waals surface area contributed by atoms with E-state index < -0.39 is 16.1 Å². The van der Waals surface area contributed by atoms with Crippen LogP contribution in [0.2, 0.25) is 0 Å². The molecule has 1 amide bonds. The summed E-state index contributed by atoms with van der Waals surface area (Å²) in [5.41, 5.74) is 0.551. The Labute approximate surface area is 106 Å². The van der Waals surface area contributed by atoms with Gasteiger partial charge in [-0.1, -0.05) is 18.2 Å². The third-order valence-electron chi connectivity index (χ3n) is 2.12. The third kappa shape index (κ3) is 4.01. The normalized spacial score (nSPS) is 11.0. The monoisotopic (exact) mass is 273 g/mol. The molecule has 0 radical (unpaired) electrons. The molecule has 0 heterocycles. The van der Waals surface area contributed by atoms with Gasteiger partial charge in [0.1, 0.15) is 6.61 Å². The molecule has 0 atom stereocenters. The van der Waals surface area contributed by atoms with Crippen molar-refractivity contribution in [2.45, 2.75) is 11.8 Å². The van der Waals surface area contributed by atoms with E-state index in [9.17, 15) is 13.2 Å². The summed E-state index contributed by atoms with van der Waals surface area (Å²) in [6.45, 7) is 1.84. The van der Waals surface area contributed by atoms with E-state index in [0.717, 1.165) is 0 Å². The van der Waals surface area contributed by atoms with Crippen LogP contribution in [0.1, 0.15) is 5.56 Å². The maximum Gasteiger partial charge on any atom is 0.421 e. The zero-order chi connectivity index (χ0) is 13.6. The second-order valence-corrected chi connectivity index (χ2v) is 5.15. The molecule has 1 aromatic carbocycles. The summed E-state index contributed by atoms with van der Waals surface area (Å²) < 4.78 is 34.8. The second-order valence-electron chi connectivity index (χ2n) is 3.50. The quantitative estimate of drug-likeness (QED) is 0.811. The maximum atomic E-state index is 11.9. The third-order valence-corrected chi connectivity index (χ3v) is 3.59. The summed E-state index contributed by atoms with van der Waals surface area (Å²) in [5, 5.41) is 0. The zero-order valence-corrected chi connectivity index (χ0v) is 11.0. The van der Waals surface area contributed by atoms with Gasteiger partial charge in [-0.25, -0.2) is 17.9 Å². The first-order chi connectivity index (χ1) is 8.47. The minimum atomic E-state index is -3.89. The molecule has 0 saturated heterocycles. The van der Waals surface area contributed by atoms with E-state index in [-0.39, 0.29) is 18.1 Å². The molecule has 1 N–H and O–H groups in total. The number of carbonyl (C=O) groups excluding carboxylic acids is 1. The second kappa shape index (κ2) is 6.36. The van der Waals surface area contributed by atoms with E-state index in [4.69, 9.17) is 0 Å². The van der Waals surface area contributed by atoms with Gasteiger partial charge in [0.05, 0.1) is 11.5 Å². The molecular weight excluding hydrogens is 258 g/mol. The molecule has 0 unspecified atom stereocenters. The fourth-order valence-electron chi connectivity index (χ4n) is 1.27. The molecular formula is C11H15NO5S. The van der Waals surface area contributed by atoms with Crippen LogP contribution in [0.5, 0.6) is 0 Å². The fraction of sp³-hybridized carbons (Fsp3) is 0.364. The van der Waals surface area contributed by atoms with Crippen LogP contribution in [0.4, 0.5) is 4.79 Å². The Balaban J connectivity index is 2.71. The van der Waals surface area contributed by atoms with Crippen LogP contribution in [-0.4, -0.2) is 34.8 Å². The number of benzene rings is 1. The van der Waals surface area contributed by atoms with Crippen LogP contribution in [0.25, 0.3) is 0 Å². The van der Waals surface area contributed by atoms with Gasteiger partial charge in [-0.2, -0.15) is 0 Å². The summed E-state index contributed by atoms with van der Waals surface area (Å²) in [7, 11) is -2.44. The van der Waals surface area contributed by atoms with E-state index in [1.165, 1.54) is 13.2 Å². The largest absolute Gasteiger partial charge is 0.446 e. The molecule has 0 spiro atoms. The summed E-state index contributed by atoms with van der Waals surface area (Å²) >= 11 is 0. The SMILES string of the molecule is COCCOC(=O)NS(=O)(=O)c1ccccc1C. The number of amides is 1. The van der Waals surface area contributed by atoms with Crippen molar-refractivity contribution in [1.29, 1.82) is 0 Å². The molecule has 1 rings (SSSR count). The van der Waals surface area contributed by atoms with Crippen LogP contribution in [-0.2, 0) is 19.5 Å². The number of aryl methyl sites for hydroxylation is 1. The van der Waals surface area contributed by atoms with Crippen LogP contribution in [0.15, 0.2) is 29.2 Å². The van der Waals surface area contributed by atoms with E-state index in [0.29, 0.717) is 5.56 Å². The summed E-state index contributed by atoms with van der Waals surface area (Å²) in [6.07, 6.45) is -1.02. The smallest absolute Gasteiger partial charge is 0.421 e. The Morgan fingerprint density at radius 2 is 1.94 bits per heavy atom. The molecule has 0 aliphatic carbocycles. The molecule has 100 valence electrons. The average Bonchev–Trinajstić information content (AvgIpc) is 2.29. The van der Waals surface area contributed by atoms with E-state index >= 15 is 0 Å². The predicted octanol–water partition coefficient (Wildman–Crippen LogP) is 1.06. The average molecular weight is 273 g/mol. The highest BCUT2D eigenvalue weighted by atomic mass is 32.2. The minimum absolute atomic E-state index is 0.00831. The molecule has 0 fully saturated rings.